The van der Waals surface area contributed by atoms with Crippen molar-refractivity contribution in [3.05, 3.63) is 71.6 Å². The summed E-state index contributed by atoms with van der Waals surface area (Å²) in [4.78, 5) is 15.0. The molecule has 0 aliphatic carbocycles. The average molecular weight is 427 g/mol. The Morgan fingerprint density at radius 2 is 1.90 bits per heavy atom. The standard InChI is InChI=1S/C25H31FN2O3/c1-5-8-27-25(29)21-12-20(19-6-7-24(26)17(2)9-19)15-28(16-21)14-18-10-22(30-3)13-23(11-18)31-4/h5-7,9-11,13,20-21H,1,8,12,14-16H2,2-4H3,(H,27,29)/t20-,21-/m1/s1. The number of hydrogen-bond acceptors (Lipinski definition) is 4. The minimum Gasteiger partial charge on any atom is -0.497 e. The van der Waals surface area contributed by atoms with Crippen molar-refractivity contribution in [2.24, 2.45) is 5.92 Å². The van der Waals surface area contributed by atoms with E-state index in [1.165, 1.54) is 6.07 Å². The number of rotatable bonds is 8. The van der Waals surface area contributed by atoms with Crippen LogP contribution in [0.3, 0.4) is 0 Å². The highest BCUT2D eigenvalue weighted by Crippen LogP contribution is 2.33. The van der Waals surface area contributed by atoms with Crippen molar-refractivity contribution >= 4 is 5.91 Å². The van der Waals surface area contributed by atoms with Gasteiger partial charge in [-0.05, 0) is 54.2 Å². The molecule has 0 aromatic heterocycles. The third-order valence-electron chi connectivity index (χ3n) is 5.79. The highest BCUT2D eigenvalue weighted by Gasteiger charge is 2.32. The Kier molecular flexibility index (Phi) is 7.69. The van der Waals surface area contributed by atoms with Crippen molar-refractivity contribution in [1.82, 2.24) is 10.2 Å². The van der Waals surface area contributed by atoms with Gasteiger partial charge in [0.05, 0.1) is 20.1 Å². The van der Waals surface area contributed by atoms with E-state index in [-0.39, 0.29) is 23.6 Å². The molecule has 2 atom stereocenters. The molecule has 0 spiro atoms. The maximum atomic E-state index is 13.8. The van der Waals surface area contributed by atoms with E-state index < -0.39 is 0 Å². The van der Waals surface area contributed by atoms with Crippen LogP contribution in [0, 0.1) is 18.7 Å². The van der Waals surface area contributed by atoms with Gasteiger partial charge < -0.3 is 14.8 Å². The molecule has 166 valence electrons. The van der Waals surface area contributed by atoms with Crippen LogP contribution in [-0.4, -0.2) is 44.7 Å². The summed E-state index contributed by atoms with van der Waals surface area (Å²) in [6, 6.07) is 11.1. The van der Waals surface area contributed by atoms with E-state index in [1.54, 1.807) is 27.2 Å². The summed E-state index contributed by atoms with van der Waals surface area (Å²) in [6.45, 7) is 8.00. The Bertz CT molecular complexity index is 909. The predicted molar refractivity (Wildman–Crippen MR) is 120 cm³/mol. The molecular weight excluding hydrogens is 395 g/mol. The van der Waals surface area contributed by atoms with Crippen LogP contribution in [0.4, 0.5) is 4.39 Å². The summed E-state index contributed by atoms with van der Waals surface area (Å²) in [5.74, 6) is 1.27. The molecule has 0 unspecified atom stereocenters. The molecule has 1 amide bonds. The minimum atomic E-state index is -0.208. The number of carbonyl (C=O) groups excluding carboxylic acids is 1. The lowest BCUT2D eigenvalue weighted by Gasteiger charge is -2.37. The number of methoxy groups -OCH3 is 2. The Hall–Kier alpha value is -2.86. The topological polar surface area (TPSA) is 50.8 Å². The fourth-order valence-electron chi connectivity index (χ4n) is 4.21. The molecule has 2 aromatic carbocycles. The molecule has 1 aliphatic rings. The zero-order chi connectivity index (χ0) is 22.4. The highest BCUT2D eigenvalue weighted by molar-refractivity contribution is 5.79. The number of amides is 1. The van der Waals surface area contributed by atoms with Crippen LogP contribution < -0.4 is 14.8 Å². The van der Waals surface area contributed by atoms with Crippen LogP contribution >= 0.6 is 0 Å². The van der Waals surface area contributed by atoms with Crippen molar-refractivity contribution in [1.29, 1.82) is 0 Å². The first-order valence-corrected chi connectivity index (χ1v) is 10.5. The van der Waals surface area contributed by atoms with Crippen LogP contribution in [0.5, 0.6) is 11.5 Å². The van der Waals surface area contributed by atoms with Crippen molar-refractivity contribution < 1.29 is 18.7 Å². The van der Waals surface area contributed by atoms with Crippen LogP contribution in [0.25, 0.3) is 0 Å². The van der Waals surface area contributed by atoms with Gasteiger partial charge in [-0.1, -0.05) is 18.2 Å². The van der Waals surface area contributed by atoms with E-state index in [4.69, 9.17) is 9.47 Å². The van der Waals surface area contributed by atoms with Gasteiger partial charge in [0.1, 0.15) is 17.3 Å². The monoisotopic (exact) mass is 426 g/mol. The van der Waals surface area contributed by atoms with E-state index >= 15 is 0 Å². The smallest absolute Gasteiger partial charge is 0.224 e. The van der Waals surface area contributed by atoms with Crippen molar-refractivity contribution in [3.8, 4) is 11.5 Å². The Morgan fingerprint density at radius 1 is 1.19 bits per heavy atom. The predicted octanol–water partition coefficient (Wildman–Crippen LogP) is 4.06. The normalized spacial score (nSPS) is 19.0. The van der Waals surface area contributed by atoms with Gasteiger partial charge in [-0.2, -0.15) is 0 Å². The van der Waals surface area contributed by atoms with Crippen molar-refractivity contribution in [3.63, 3.8) is 0 Å². The summed E-state index contributed by atoms with van der Waals surface area (Å²) >= 11 is 0. The van der Waals surface area contributed by atoms with Gasteiger partial charge in [-0.3, -0.25) is 9.69 Å². The quantitative estimate of drug-likeness (QED) is 0.647. The number of hydrogen-bond donors (Lipinski definition) is 1. The van der Waals surface area contributed by atoms with Crippen LogP contribution in [0.2, 0.25) is 0 Å². The number of piperidine rings is 1. The lowest BCUT2D eigenvalue weighted by molar-refractivity contribution is -0.126. The summed E-state index contributed by atoms with van der Waals surface area (Å²) in [5.41, 5.74) is 2.74. The number of benzene rings is 2. The molecule has 6 heteroatoms. The van der Waals surface area contributed by atoms with E-state index in [9.17, 15) is 9.18 Å². The molecule has 0 radical (unpaired) electrons. The molecular formula is C25H31FN2O3. The fraction of sp³-hybridized carbons (Fsp3) is 0.400. The third kappa shape index (κ3) is 5.85. The van der Waals surface area contributed by atoms with Crippen LogP contribution in [0.15, 0.2) is 49.1 Å². The highest BCUT2D eigenvalue weighted by atomic mass is 19.1. The van der Waals surface area contributed by atoms with Gasteiger partial charge in [-0.25, -0.2) is 4.39 Å². The van der Waals surface area contributed by atoms with Crippen molar-refractivity contribution in [2.45, 2.75) is 25.8 Å². The number of halogens is 1. The zero-order valence-electron chi connectivity index (χ0n) is 18.5. The molecule has 0 bridgehead atoms. The third-order valence-corrected chi connectivity index (χ3v) is 5.79. The number of aryl methyl sites for hydroxylation is 1. The number of likely N-dealkylation sites (tertiary alicyclic amines) is 1. The first-order valence-electron chi connectivity index (χ1n) is 10.5. The largest absolute Gasteiger partial charge is 0.497 e. The van der Waals surface area contributed by atoms with E-state index in [0.29, 0.717) is 25.2 Å². The summed E-state index contributed by atoms with van der Waals surface area (Å²) in [6.07, 6.45) is 2.41. The molecule has 1 heterocycles. The number of nitrogens with zero attached hydrogens (tertiary/aromatic N) is 1. The van der Waals surface area contributed by atoms with Crippen LogP contribution in [-0.2, 0) is 11.3 Å². The SMILES string of the molecule is C=CCNC(=O)[C@@H]1C[C@@H](c2ccc(F)c(C)c2)CN(Cc2cc(OC)cc(OC)c2)C1. The Morgan fingerprint density at radius 3 is 2.52 bits per heavy atom. The fourth-order valence-corrected chi connectivity index (χ4v) is 4.21. The maximum Gasteiger partial charge on any atom is 0.224 e. The van der Waals surface area contributed by atoms with Gasteiger partial charge in [0.25, 0.3) is 0 Å². The maximum absolute atomic E-state index is 13.8. The lowest BCUT2D eigenvalue weighted by atomic mass is 9.83. The first-order chi connectivity index (χ1) is 14.9. The van der Waals surface area contributed by atoms with Gasteiger partial charge in [0, 0.05) is 32.2 Å². The molecule has 31 heavy (non-hydrogen) atoms. The molecule has 0 saturated carbocycles. The number of nitrogens with one attached hydrogen (secondary N) is 1. The molecule has 1 aliphatic heterocycles. The molecule has 5 nitrogen and oxygen atoms in total. The number of carbonyl (C=O) groups is 1. The van der Waals surface area contributed by atoms with E-state index in [1.807, 2.05) is 30.3 Å². The second-order valence-electron chi connectivity index (χ2n) is 8.09. The Labute approximate surface area is 183 Å². The summed E-state index contributed by atoms with van der Waals surface area (Å²) in [5, 5.41) is 2.93. The second-order valence-corrected chi connectivity index (χ2v) is 8.09. The number of ether oxygens (including phenoxy) is 2. The molecule has 1 fully saturated rings. The molecule has 1 N–H and O–H groups in total. The van der Waals surface area contributed by atoms with E-state index in [2.05, 4.69) is 16.8 Å². The Balaban J connectivity index is 1.85. The summed E-state index contributed by atoms with van der Waals surface area (Å²) in [7, 11) is 3.26. The zero-order valence-corrected chi connectivity index (χ0v) is 18.5. The minimum absolute atomic E-state index is 0.0247. The lowest BCUT2D eigenvalue weighted by Crippen LogP contribution is -2.45. The van der Waals surface area contributed by atoms with Crippen molar-refractivity contribution in [2.75, 3.05) is 33.9 Å². The average Bonchev–Trinajstić information content (AvgIpc) is 2.78. The molecule has 2 aromatic rings. The van der Waals surface area contributed by atoms with E-state index in [0.717, 1.165) is 35.6 Å². The van der Waals surface area contributed by atoms with Gasteiger partial charge in [-0.15, -0.1) is 6.58 Å². The van der Waals surface area contributed by atoms with Gasteiger partial charge >= 0.3 is 0 Å². The first kappa shape index (κ1) is 22.8. The summed E-state index contributed by atoms with van der Waals surface area (Å²) < 4.78 is 24.6. The van der Waals surface area contributed by atoms with Gasteiger partial charge in [0.2, 0.25) is 5.91 Å². The second kappa shape index (κ2) is 10.4. The molecule has 1 saturated heterocycles. The van der Waals surface area contributed by atoms with Crippen LogP contribution in [0.1, 0.15) is 29.0 Å². The van der Waals surface area contributed by atoms with Gasteiger partial charge in [0.15, 0.2) is 0 Å². The molecule has 3 rings (SSSR count).